The van der Waals surface area contributed by atoms with Crippen LogP contribution >= 0.6 is 0 Å². The van der Waals surface area contributed by atoms with Crippen LogP contribution in [-0.2, 0) is 4.43 Å². The third-order valence-electron chi connectivity index (χ3n) is 3.18. The second kappa shape index (κ2) is 7.86. The first-order valence-electron chi connectivity index (χ1n) is 7.31. The SMILES string of the molecule is CCCC[Si](OC)(Oc1ccccc1)Oc1ccccc1. The van der Waals surface area contributed by atoms with Crippen LogP contribution in [0, 0.1) is 0 Å². The van der Waals surface area contributed by atoms with Crippen LogP contribution in [0.5, 0.6) is 11.5 Å². The molecule has 112 valence electrons. The highest BCUT2D eigenvalue weighted by atomic mass is 28.4. The predicted octanol–water partition coefficient (Wildman–Crippen LogP) is 4.53. The first-order valence-corrected chi connectivity index (χ1v) is 9.24. The summed E-state index contributed by atoms with van der Waals surface area (Å²) < 4.78 is 18.0. The van der Waals surface area contributed by atoms with E-state index in [0.717, 1.165) is 30.4 Å². The van der Waals surface area contributed by atoms with E-state index in [4.69, 9.17) is 13.3 Å². The molecule has 0 saturated carbocycles. The zero-order valence-electron chi connectivity index (χ0n) is 12.6. The van der Waals surface area contributed by atoms with Gasteiger partial charge < -0.3 is 13.3 Å². The highest BCUT2D eigenvalue weighted by Gasteiger charge is 2.44. The molecule has 0 aromatic heterocycles. The number of para-hydroxylation sites is 2. The van der Waals surface area contributed by atoms with Gasteiger partial charge in [0, 0.05) is 13.2 Å². The Labute approximate surface area is 127 Å². The molecule has 0 atom stereocenters. The van der Waals surface area contributed by atoms with Crippen molar-refractivity contribution in [2.45, 2.75) is 25.8 Å². The van der Waals surface area contributed by atoms with Gasteiger partial charge in [0.1, 0.15) is 11.5 Å². The van der Waals surface area contributed by atoms with Gasteiger partial charge in [-0.25, -0.2) is 0 Å². The molecule has 0 aliphatic carbocycles. The topological polar surface area (TPSA) is 27.7 Å². The van der Waals surface area contributed by atoms with Crippen molar-refractivity contribution in [3.8, 4) is 11.5 Å². The van der Waals surface area contributed by atoms with Gasteiger partial charge in [-0.1, -0.05) is 49.7 Å². The van der Waals surface area contributed by atoms with Gasteiger partial charge in [0.05, 0.1) is 0 Å². The summed E-state index contributed by atoms with van der Waals surface area (Å²) >= 11 is 0. The van der Waals surface area contributed by atoms with Gasteiger partial charge in [-0.2, -0.15) is 0 Å². The molecule has 21 heavy (non-hydrogen) atoms. The largest absolute Gasteiger partial charge is 0.631 e. The van der Waals surface area contributed by atoms with E-state index in [2.05, 4.69) is 6.92 Å². The maximum absolute atomic E-state index is 6.15. The molecule has 0 aliphatic rings. The van der Waals surface area contributed by atoms with E-state index < -0.39 is 8.80 Å². The Morgan fingerprint density at radius 1 is 0.810 bits per heavy atom. The molecule has 4 heteroatoms. The van der Waals surface area contributed by atoms with E-state index in [0.29, 0.717) is 0 Å². The quantitative estimate of drug-likeness (QED) is 0.671. The molecule has 0 spiro atoms. The molecular formula is C17H22O3Si. The van der Waals surface area contributed by atoms with Crippen molar-refractivity contribution in [1.29, 1.82) is 0 Å². The Bertz CT molecular complexity index is 475. The van der Waals surface area contributed by atoms with Crippen LogP contribution in [0.1, 0.15) is 19.8 Å². The number of benzene rings is 2. The van der Waals surface area contributed by atoms with Crippen LogP contribution in [0.15, 0.2) is 60.7 Å². The first-order chi connectivity index (χ1) is 10.3. The van der Waals surface area contributed by atoms with Crippen molar-refractivity contribution in [2.24, 2.45) is 0 Å². The molecule has 0 amide bonds. The van der Waals surface area contributed by atoms with Crippen LogP contribution in [0.3, 0.4) is 0 Å². The van der Waals surface area contributed by atoms with Crippen molar-refractivity contribution in [3.63, 3.8) is 0 Å². The molecule has 3 nitrogen and oxygen atoms in total. The Balaban J connectivity index is 2.20. The Hall–Kier alpha value is -1.78. The second-order valence-electron chi connectivity index (χ2n) is 4.82. The number of hydrogen-bond donors (Lipinski definition) is 0. The van der Waals surface area contributed by atoms with E-state index in [9.17, 15) is 0 Å². The minimum Gasteiger partial charge on any atom is -0.492 e. The molecule has 0 saturated heterocycles. The fourth-order valence-corrected chi connectivity index (χ4v) is 4.43. The van der Waals surface area contributed by atoms with E-state index in [-0.39, 0.29) is 0 Å². The van der Waals surface area contributed by atoms with Crippen molar-refractivity contribution in [2.75, 3.05) is 7.11 Å². The molecule has 0 fully saturated rings. The van der Waals surface area contributed by atoms with E-state index >= 15 is 0 Å². The summed E-state index contributed by atoms with van der Waals surface area (Å²) in [5.74, 6) is 1.58. The number of hydrogen-bond acceptors (Lipinski definition) is 3. The van der Waals surface area contributed by atoms with Crippen molar-refractivity contribution in [1.82, 2.24) is 0 Å². The zero-order valence-corrected chi connectivity index (χ0v) is 13.6. The van der Waals surface area contributed by atoms with E-state index in [1.807, 2.05) is 60.7 Å². The van der Waals surface area contributed by atoms with Crippen molar-refractivity contribution >= 4 is 8.80 Å². The molecule has 2 rings (SSSR count). The van der Waals surface area contributed by atoms with Crippen LogP contribution in [0.2, 0.25) is 6.04 Å². The van der Waals surface area contributed by atoms with E-state index in [1.54, 1.807) is 7.11 Å². The summed E-state index contributed by atoms with van der Waals surface area (Å²) in [6.07, 6.45) is 2.09. The highest BCUT2D eigenvalue weighted by Crippen LogP contribution is 2.25. The molecule has 0 aliphatic heterocycles. The van der Waals surface area contributed by atoms with Gasteiger partial charge in [0.25, 0.3) is 0 Å². The van der Waals surface area contributed by atoms with Gasteiger partial charge in [-0.3, -0.25) is 0 Å². The summed E-state index contributed by atoms with van der Waals surface area (Å²) in [6, 6.07) is 20.3. The molecule has 0 N–H and O–H groups in total. The lowest BCUT2D eigenvalue weighted by atomic mass is 10.3. The van der Waals surface area contributed by atoms with Gasteiger partial charge in [0.2, 0.25) is 0 Å². The zero-order chi connectivity index (χ0) is 15.0. The number of unbranched alkanes of at least 4 members (excludes halogenated alkanes) is 1. The summed E-state index contributed by atoms with van der Waals surface area (Å²) in [7, 11) is -1.10. The molecule has 2 aromatic rings. The fourth-order valence-electron chi connectivity index (χ4n) is 2.04. The summed E-state index contributed by atoms with van der Waals surface area (Å²) in [5, 5.41) is 0. The molecule has 2 aromatic carbocycles. The molecule has 0 bridgehead atoms. The number of rotatable bonds is 8. The maximum Gasteiger partial charge on any atom is 0.631 e. The molecule has 0 unspecified atom stereocenters. The van der Waals surface area contributed by atoms with Gasteiger partial charge in [-0.15, -0.1) is 0 Å². The Kier molecular flexibility index (Phi) is 5.84. The average Bonchev–Trinajstić information content (AvgIpc) is 2.54. The highest BCUT2D eigenvalue weighted by molar-refractivity contribution is 6.62. The normalized spacial score (nSPS) is 11.1. The van der Waals surface area contributed by atoms with Crippen LogP contribution in [-0.4, -0.2) is 15.9 Å². The minimum absolute atomic E-state index is 0.790. The van der Waals surface area contributed by atoms with E-state index in [1.165, 1.54) is 0 Å². The lowest BCUT2D eigenvalue weighted by Crippen LogP contribution is -2.51. The van der Waals surface area contributed by atoms with Crippen LogP contribution < -0.4 is 8.85 Å². The molecular weight excluding hydrogens is 280 g/mol. The van der Waals surface area contributed by atoms with Gasteiger partial charge in [0.15, 0.2) is 0 Å². The van der Waals surface area contributed by atoms with Crippen LogP contribution in [0.4, 0.5) is 0 Å². The predicted molar refractivity (Wildman–Crippen MR) is 86.6 cm³/mol. The lowest BCUT2D eigenvalue weighted by molar-refractivity contribution is 0.203. The van der Waals surface area contributed by atoms with Gasteiger partial charge in [-0.05, 0) is 30.7 Å². The monoisotopic (exact) mass is 302 g/mol. The second-order valence-corrected chi connectivity index (χ2v) is 7.50. The van der Waals surface area contributed by atoms with Gasteiger partial charge >= 0.3 is 8.80 Å². The summed E-state index contributed by atoms with van der Waals surface area (Å²) in [5.41, 5.74) is 0. The third-order valence-corrected chi connectivity index (χ3v) is 5.86. The standard InChI is InChI=1S/C17H22O3Si/c1-3-4-15-21(18-2,19-16-11-7-5-8-12-16)20-17-13-9-6-10-14-17/h5-14H,3-4,15H2,1-2H3. The maximum atomic E-state index is 6.15. The minimum atomic E-state index is -2.77. The average molecular weight is 302 g/mol. The van der Waals surface area contributed by atoms with Crippen molar-refractivity contribution < 1.29 is 13.3 Å². The summed E-state index contributed by atoms with van der Waals surface area (Å²) in [4.78, 5) is 0. The fraction of sp³-hybridized carbons (Fsp3) is 0.294. The summed E-state index contributed by atoms with van der Waals surface area (Å²) in [6.45, 7) is 2.15. The smallest absolute Gasteiger partial charge is 0.492 e. The Morgan fingerprint density at radius 3 is 1.67 bits per heavy atom. The molecule has 0 heterocycles. The first kappa shape index (κ1) is 15.6. The van der Waals surface area contributed by atoms with Crippen molar-refractivity contribution in [3.05, 3.63) is 60.7 Å². The Morgan fingerprint density at radius 2 is 1.29 bits per heavy atom. The molecule has 0 radical (unpaired) electrons. The van der Waals surface area contributed by atoms with Crippen LogP contribution in [0.25, 0.3) is 0 Å². The lowest BCUT2D eigenvalue weighted by Gasteiger charge is -2.28. The third kappa shape index (κ3) is 4.62.